The standard InChI is InChI=1S/C19H33N5O/c1-17(15-23-9-4-5-10-23)13-21-19(25)24(12-11-22(2)3)16-18-7-6-8-20-14-18/h6-8,14,17H,4-5,9-13,15-16H2,1-3H3,(H,21,25). The molecule has 2 rings (SSSR count). The van der Waals surface area contributed by atoms with E-state index in [2.05, 4.69) is 27.0 Å². The number of amides is 2. The molecule has 2 amide bonds. The molecule has 1 saturated heterocycles. The Kier molecular flexibility index (Phi) is 8.15. The molecule has 0 saturated carbocycles. The molecule has 0 aromatic carbocycles. The summed E-state index contributed by atoms with van der Waals surface area (Å²) >= 11 is 0. The fraction of sp³-hybridized carbons (Fsp3) is 0.684. The van der Waals surface area contributed by atoms with Crippen LogP contribution in [0.5, 0.6) is 0 Å². The van der Waals surface area contributed by atoms with Crippen molar-refractivity contribution < 1.29 is 4.79 Å². The number of rotatable bonds is 9. The summed E-state index contributed by atoms with van der Waals surface area (Å²) in [4.78, 5) is 23.3. The Bertz CT molecular complexity index is 502. The van der Waals surface area contributed by atoms with Gasteiger partial charge >= 0.3 is 6.03 Å². The molecule has 1 atom stereocenters. The number of hydrogen-bond donors (Lipinski definition) is 1. The van der Waals surface area contributed by atoms with Crippen LogP contribution in [0, 0.1) is 5.92 Å². The van der Waals surface area contributed by atoms with Gasteiger partial charge in [-0.1, -0.05) is 13.0 Å². The molecular weight excluding hydrogens is 314 g/mol. The lowest BCUT2D eigenvalue weighted by molar-refractivity contribution is 0.185. The number of pyridine rings is 1. The first-order valence-corrected chi connectivity index (χ1v) is 9.33. The monoisotopic (exact) mass is 347 g/mol. The zero-order valence-electron chi connectivity index (χ0n) is 15.9. The van der Waals surface area contributed by atoms with Gasteiger partial charge in [0, 0.05) is 45.1 Å². The summed E-state index contributed by atoms with van der Waals surface area (Å²) in [7, 11) is 4.05. The van der Waals surface area contributed by atoms with Gasteiger partial charge in [0.05, 0.1) is 0 Å². The number of likely N-dealkylation sites (N-methyl/N-ethyl adjacent to an activating group) is 1. The van der Waals surface area contributed by atoms with E-state index in [0.717, 1.165) is 25.2 Å². The van der Waals surface area contributed by atoms with E-state index in [0.29, 0.717) is 19.0 Å². The van der Waals surface area contributed by atoms with Gasteiger partial charge in [0.1, 0.15) is 0 Å². The molecule has 0 spiro atoms. The van der Waals surface area contributed by atoms with E-state index in [1.165, 1.54) is 25.9 Å². The number of urea groups is 1. The van der Waals surface area contributed by atoms with Crippen molar-refractivity contribution in [2.45, 2.75) is 26.3 Å². The Morgan fingerprint density at radius 2 is 2.08 bits per heavy atom. The zero-order chi connectivity index (χ0) is 18.1. The lowest BCUT2D eigenvalue weighted by Gasteiger charge is -2.26. The lowest BCUT2D eigenvalue weighted by Crippen LogP contribution is -2.44. The Morgan fingerprint density at radius 3 is 2.72 bits per heavy atom. The molecule has 140 valence electrons. The van der Waals surface area contributed by atoms with Crippen LogP contribution in [-0.2, 0) is 6.54 Å². The van der Waals surface area contributed by atoms with Crippen LogP contribution in [-0.4, -0.2) is 79.1 Å². The fourth-order valence-electron chi connectivity index (χ4n) is 3.13. The van der Waals surface area contributed by atoms with Gasteiger partial charge in [-0.25, -0.2) is 4.79 Å². The minimum Gasteiger partial charge on any atom is -0.338 e. The minimum absolute atomic E-state index is 0.0129. The van der Waals surface area contributed by atoms with E-state index in [1.807, 2.05) is 37.3 Å². The smallest absolute Gasteiger partial charge is 0.317 e. The van der Waals surface area contributed by atoms with E-state index in [9.17, 15) is 4.79 Å². The zero-order valence-corrected chi connectivity index (χ0v) is 15.9. The summed E-state index contributed by atoms with van der Waals surface area (Å²) in [6, 6.07) is 3.94. The third kappa shape index (κ3) is 7.40. The van der Waals surface area contributed by atoms with Crippen molar-refractivity contribution in [2.24, 2.45) is 5.92 Å². The molecule has 0 aliphatic carbocycles. The van der Waals surface area contributed by atoms with Gasteiger partial charge in [-0.3, -0.25) is 4.98 Å². The topological polar surface area (TPSA) is 51.7 Å². The van der Waals surface area contributed by atoms with Crippen LogP contribution in [0.4, 0.5) is 4.79 Å². The summed E-state index contributed by atoms with van der Waals surface area (Å²) in [5.41, 5.74) is 1.06. The highest BCUT2D eigenvalue weighted by molar-refractivity contribution is 5.74. The molecule has 1 N–H and O–H groups in total. The highest BCUT2D eigenvalue weighted by Gasteiger charge is 2.18. The van der Waals surface area contributed by atoms with Gasteiger partial charge in [-0.2, -0.15) is 0 Å². The van der Waals surface area contributed by atoms with Crippen LogP contribution in [0.25, 0.3) is 0 Å². The molecule has 1 aromatic rings. The van der Waals surface area contributed by atoms with E-state index in [1.54, 1.807) is 6.20 Å². The van der Waals surface area contributed by atoms with Crippen LogP contribution in [0.3, 0.4) is 0 Å². The summed E-state index contributed by atoms with van der Waals surface area (Å²) in [5.74, 6) is 0.469. The third-order valence-electron chi connectivity index (χ3n) is 4.57. The molecule has 25 heavy (non-hydrogen) atoms. The van der Waals surface area contributed by atoms with Gasteiger partial charge in [0.2, 0.25) is 0 Å². The SMILES string of the molecule is CC(CNC(=O)N(CCN(C)C)Cc1cccnc1)CN1CCCC1. The molecule has 0 radical (unpaired) electrons. The second kappa shape index (κ2) is 10.4. The maximum absolute atomic E-state index is 12.7. The van der Waals surface area contributed by atoms with Crippen LogP contribution in [0.15, 0.2) is 24.5 Å². The van der Waals surface area contributed by atoms with Crippen molar-refractivity contribution in [3.63, 3.8) is 0 Å². The maximum atomic E-state index is 12.7. The van der Waals surface area contributed by atoms with Crippen molar-refractivity contribution in [1.29, 1.82) is 0 Å². The fourth-order valence-corrected chi connectivity index (χ4v) is 3.13. The first-order valence-electron chi connectivity index (χ1n) is 9.33. The van der Waals surface area contributed by atoms with E-state index < -0.39 is 0 Å². The van der Waals surface area contributed by atoms with E-state index >= 15 is 0 Å². The molecule has 0 bridgehead atoms. The Balaban J connectivity index is 1.82. The van der Waals surface area contributed by atoms with Gasteiger partial charge in [-0.05, 0) is 57.6 Å². The number of likely N-dealkylation sites (tertiary alicyclic amines) is 1. The molecular formula is C19H33N5O. The number of nitrogens with zero attached hydrogens (tertiary/aromatic N) is 4. The molecule has 1 unspecified atom stereocenters. The lowest BCUT2D eigenvalue weighted by atomic mass is 10.1. The quantitative estimate of drug-likeness (QED) is 0.741. The second-order valence-electron chi connectivity index (χ2n) is 7.39. The van der Waals surface area contributed by atoms with Crippen molar-refractivity contribution in [3.8, 4) is 0 Å². The van der Waals surface area contributed by atoms with Gasteiger partial charge in [0.15, 0.2) is 0 Å². The van der Waals surface area contributed by atoms with Crippen molar-refractivity contribution in [2.75, 3.05) is 53.4 Å². The highest BCUT2D eigenvalue weighted by Crippen LogP contribution is 2.10. The first-order chi connectivity index (χ1) is 12.0. The van der Waals surface area contributed by atoms with Crippen LogP contribution in [0.1, 0.15) is 25.3 Å². The van der Waals surface area contributed by atoms with Gasteiger partial charge < -0.3 is 20.0 Å². The number of nitrogens with one attached hydrogen (secondary N) is 1. The van der Waals surface area contributed by atoms with Crippen molar-refractivity contribution in [3.05, 3.63) is 30.1 Å². The Hall–Kier alpha value is -1.66. The normalized spacial score (nSPS) is 16.2. The molecule has 2 heterocycles. The third-order valence-corrected chi connectivity index (χ3v) is 4.57. The van der Waals surface area contributed by atoms with Crippen LogP contribution >= 0.6 is 0 Å². The summed E-state index contributed by atoms with van der Waals surface area (Å²) in [5, 5.41) is 3.12. The van der Waals surface area contributed by atoms with E-state index in [4.69, 9.17) is 0 Å². The molecule has 1 aliphatic rings. The van der Waals surface area contributed by atoms with Gasteiger partial charge in [0.25, 0.3) is 0 Å². The number of aromatic nitrogens is 1. The summed E-state index contributed by atoms with van der Waals surface area (Å²) in [6.07, 6.45) is 6.20. The summed E-state index contributed by atoms with van der Waals surface area (Å²) in [6.45, 7) is 8.55. The highest BCUT2D eigenvalue weighted by atomic mass is 16.2. The Morgan fingerprint density at radius 1 is 1.32 bits per heavy atom. The number of carbonyl (C=O) groups is 1. The van der Waals surface area contributed by atoms with Crippen molar-refractivity contribution in [1.82, 2.24) is 25.0 Å². The molecule has 1 aromatic heterocycles. The van der Waals surface area contributed by atoms with Crippen LogP contribution < -0.4 is 5.32 Å². The molecule has 6 heteroatoms. The summed E-state index contributed by atoms with van der Waals surface area (Å²) < 4.78 is 0. The number of hydrogen-bond acceptors (Lipinski definition) is 4. The van der Waals surface area contributed by atoms with Crippen LogP contribution in [0.2, 0.25) is 0 Å². The van der Waals surface area contributed by atoms with Gasteiger partial charge in [-0.15, -0.1) is 0 Å². The predicted octanol–water partition coefficient (Wildman–Crippen LogP) is 1.89. The molecule has 1 fully saturated rings. The molecule has 1 aliphatic heterocycles. The largest absolute Gasteiger partial charge is 0.338 e. The average Bonchev–Trinajstić information content (AvgIpc) is 3.10. The van der Waals surface area contributed by atoms with Crippen molar-refractivity contribution >= 4 is 6.03 Å². The molecule has 6 nitrogen and oxygen atoms in total. The second-order valence-corrected chi connectivity index (χ2v) is 7.39. The predicted molar refractivity (Wildman–Crippen MR) is 101 cm³/mol. The van der Waals surface area contributed by atoms with E-state index in [-0.39, 0.29) is 6.03 Å². The minimum atomic E-state index is 0.0129. The average molecular weight is 348 g/mol. The maximum Gasteiger partial charge on any atom is 0.317 e. The Labute approximate surface area is 152 Å². The first kappa shape index (κ1) is 19.7. The number of carbonyl (C=O) groups excluding carboxylic acids is 1.